The molecule has 1 aromatic carbocycles. The molecule has 0 aromatic heterocycles. The standard InChI is InChI=1S/C11H13NO2S/c12-7-8-2-1-3-9(6-8)11(14)10(13)4-5-15/h1-3,6,10-11,13-15H,4-5H2. The minimum absolute atomic E-state index is 0.418. The van der Waals surface area contributed by atoms with E-state index in [9.17, 15) is 10.2 Å². The maximum Gasteiger partial charge on any atom is 0.105 e. The van der Waals surface area contributed by atoms with E-state index >= 15 is 0 Å². The third kappa shape index (κ3) is 3.24. The van der Waals surface area contributed by atoms with Gasteiger partial charge in [-0.25, -0.2) is 0 Å². The molecule has 0 fully saturated rings. The maximum atomic E-state index is 9.75. The molecule has 0 amide bonds. The van der Waals surface area contributed by atoms with Crippen LogP contribution in [0.1, 0.15) is 23.7 Å². The van der Waals surface area contributed by atoms with Crippen LogP contribution in [-0.4, -0.2) is 22.1 Å². The predicted octanol–water partition coefficient (Wildman–Crippen LogP) is 1.27. The summed E-state index contributed by atoms with van der Waals surface area (Å²) in [5, 5.41) is 28.0. The number of aliphatic hydroxyl groups excluding tert-OH is 2. The van der Waals surface area contributed by atoms with Crippen LogP contribution in [0, 0.1) is 11.3 Å². The molecule has 2 atom stereocenters. The second-order valence-electron chi connectivity index (χ2n) is 3.26. The molecule has 0 aliphatic rings. The fourth-order valence-corrected chi connectivity index (χ4v) is 1.57. The summed E-state index contributed by atoms with van der Waals surface area (Å²) < 4.78 is 0. The number of benzene rings is 1. The molecule has 0 aliphatic heterocycles. The van der Waals surface area contributed by atoms with Gasteiger partial charge in [0.05, 0.1) is 17.7 Å². The molecule has 80 valence electrons. The Labute approximate surface area is 94.4 Å². The van der Waals surface area contributed by atoms with Crippen molar-refractivity contribution in [3.63, 3.8) is 0 Å². The number of aliphatic hydroxyl groups is 2. The predicted molar refractivity (Wildman–Crippen MR) is 60.6 cm³/mol. The zero-order valence-electron chi connectivity index (χ0n) is 8.17. The first-order valence-corrected chi connectivity index (χ1v) is 5.29. The second kappa shape index (κ2) is 5.76. The molecule has 0 saturated carbocycles. The molecular formula is C11H13NO2S. The largest absolute Gasteiger partial charge is 0.390 e. The molecule has 0 saturated heterocycles. The van der Waals surface area contributed by atoms with E-state index in [4.69, 9.17) is 5.26 Å². The molecule has 0 bridgehead atoms. The number of nitriles is 1. The number of thiol groups is 1. The highest BCUT2D eigenvalue weighted by Gasteiger charge is 2.17. The normalized spacial score (nSPS) is 14.3. The molecule has 0 aliphatic carbocycles. The molecule has 4 heteroatoms. The number of rotatable bonds is 4. The smallest absolute Gasteiger partial charge is 0.105 e. The minimum atomic E-state index is -0.953. The van der Waals surface area contributed by atoms with Crippen LogP contribution in [-0.2, 0) is 0 Å². The second-order valence-corrected chi connectivity index (χ2v) is 3.71. The van der Waals surface area contributed by atoms with Crippen molar-refractivity contribution in [1.29, 1.82) is 5.26 Å². The third-order valence-corrected chi connectivity index (χ3v) is 2.40. The van der Waals surface area contributed by atoms with Crippen molar-refractivity contribution in [2.75, 3.05) is 5.75 Å². The van der Waals surface area contributed by atoms with E-state index in [1.54, 1.807) is 24.3 Å². The van der Waals surface area contributed by atoms with Crippen molar-refractivity contribution in [2.24, 2.45) is 0 Å². The SMILES string of the molecule is N#Cc1cccc(C(O)C(O)CCS)c1. The Kier molecular flexibility index (Phi) is 4.63. The van der Waals surface area contributed by atoms with Crippen LogP contribution in [0.25, 0.3) is 0 Å². The summed E-state index contributed by atoms with van der Waals surface area (Å²) in [6.07, 6.45) is -1.37. The summed E-state index contributed by atoms with van der Waals surface area (Å²) >= 11 is 3.98. The minimum Gasteiger partial charge on any atom is -0.390 e. The summed E-state index contributed by atoms with van der Waals surface area (Å²) in [6.45, 7) is 0. The fraction of sp³-hybridized carbons (Fsp3) is 0.364. The van der Waals surface area contributed by atoms with Gasteiger partial charge in [0, 0.05) is 0 Å². The quantitative estimate of drug-likeness (QED) is 0.674. The summed E-state index contributed by atoms with van der Waals surface area (Å²) in [4.78, 5) is 0. The third-order valence-electron chi connectivity index (χ3n) is 2.15. The van der Waals surface area contributed by atoms with Crippen LogP contribution in [0.2, 0.25) is 0 Å². The Morgan fingerprint density at radius 3 is 2.73 bits per heavy atom. The average Bonchev–Trinajstić information content (AvgIpc) is 2.28. The Balaban J connectivity index is 2.82. The van der Waals surface area contributed by atoms with Gasteiger partial charge in [0.2, 0.25) is 0 Å². The zero-order valence-corrected chi connectivity index (χ0v) is 9.06. The van der Waals surface area contributed by atoms with E-state index in [2.05, 4.69) is 12.6 Å². The summed E-state index contributed by atoms with van der Waals surface area (Å²) in [6, 6.07) is 8.59. The van der Waals surface area contributed by atoms with Gasteiger partial charge in [-0.1, -0.05) is 12.1 Å². The lowest BCUT2D eigenvalue weighted by Gasteiger charge is -2.17. The molecule has 2 N–H and O–H groups in total. The van der Waals surface area contributed by atoms with Crippen LogP contribution in [0.3, 0.4) is 0 Å². The van der Waals surface area contributed by atoms with E-state index in [1.807, 2.05) is 6.07 Å². The summed E-state index contributed by atoms with van der Waals surface area (Å²) in [7, 11) is 0. The maximum absolute atomic E-state index is 9.75. The van der Waals surface area contributed by atoms with Crippen LogP contribution < -0.4 is 0 Å². The molecule has 1 aromatic rings. The van der Waals surface area contributed by atoms with Gasteiger partial charge in [0.15, 0.2) is 0 Å². The number of hydrogen-bond donors (Lipinski definition) is 3. The molecule has 0 radical (unpaired) electrons. The van der Waals surface area contributed by atoms with E-state index in [1.165, 1.54) is 0 Å². The Morgan fingerprint density at radius 1 is 1.40 bits per heavy atom. The van der Waals surface area contributed by atoms with Gasteiger partial charge >= 0.3 is 0 Å². The summed E-state index contributed by atoms with van der Waals surface area (Å²) in [5.74, 6) is 0.510. The van der Waals surface area contributed by atoms with E-state index < -0.39 is 12.2 Å². The topological polar surface area (TPSA) is 64.2 Å². The van der Waals surface area contributed by atoms with Gasteiger partial charge in [-0.15, -0.1) is 0 Å². The van der Waals surface area contributed by atoms with Crippen molar-refractivity contribution in [1.82, 2.24) is 0 Å². The van der Waals surface area contributed by atoms with Gasteiger partial charge in [-0.05, 0) is 29.9 Å². The molecule has 2 unspecified atom stereocenters. The highest BCUT2D eigenvalue weighted by molar-refractivity contribution is 7.80. The lowest BCUT2D eigenvalue weighted by atomic mass is 10.0. The highest BCUT2D eigenvalue weighted by atomic mass is 32.1. The van der Waals surface area contributed by atoms with E-state index in [0.717, 1.165) is 0 Å². The number of hydrogen-bond acceptors (Lipinski definition) is 4. The first-order valence-electron chi connectivity index (χ1n) is 4.66. The summed E-state index contributed by atoms with van der Waals surface area (Å²) in [5.41, 5.74) is 1.04. The first kappa shape index (κ1) is 12.1. The van der Waals surface area contributed by atoms with Crippen LogP contribution in [0.4, 0.5) is 0 Å². The van der Waals surface area contributed by atoms with Crippen molar-refractivity contribution in [3.8, 4) is 6.07 Å². The lowest BCUT2D eigenvalue weighted by Crippen LogP contribution is -2.18. The van der Waals surface area contributed by atoms with Crippen molar-refractivity contribution in [2.45, 2.75) is 18.6 Å². The first-order chi connectivity index (χ1) is 7.19. The molecule has 0 spiro atoms. The number of nitrogens with zero attached hydrogens (tertiary/aromatic N) is 1. The van der Waals surface area contributed by atoms with Gasteiger partial charge in [0.1, 0.15) is 6.10 Å². The average molecular weight is 223 g/mol. The van der Waals surface area contributed by atoms with Gasteiger partial charge in [0.25, 0.3) is 0 Å². The molecule has 1 rings (SSSR count). The molecule has 15 heavy (non-hydrogen) atoms. The van der Waals surface area contributed by atoms with Crippen molar-refractivity contribution >= 4 is 12.6 Å². The fourth-order valence-electron chi connectivity index (χ4n) is 1.30. The van der Waals surface area contributed by atoms with Crippen molar-refractivity contribution in [3.05, 3.63) is 35.4 Å². The van der Waals surface area contributed by atoms with E-state index in [-0.39, 0.29) is 0 Å². The van der Waals surface area contributed by atoms with Gasteiger partial charge < -0.3 is 10.2 Å². The van der Waals surface area contributed by atoms with E-state index in [0.29, 0.717) is 23.3 Å². The Bertz CT molecular complexity index is 362. The van der Waals surface area contributed by atoms with Gasteiger partial charge in [-0.3, -0.25) is 0 Å². The van der Waals surface area contributed by atoms with Crippen molar-refractivity contribution < 1.29 is 10.2 Å². The highest BCUT2D eigenvalue weighted by Crippen LogP contribution is 2.19. The van der Waals surface area contributed by atoms with Crippen LogP contribution in [0.15, 0.2) is 24.3 Å². The Morgan fingerprint density at radius 2 is 2.13 bits per heavy atom. The monoisotopic (exact) mass is 223 g/mol. The molecule has 3 nitrogen and oxygen atoms in total. The Hall–Kier alpha value is -1.02. The van der Waals surface area contributed by atoms with Crippen LogP contribution >= 0.6 is 12.6 Å². The zero-order chi connectivity index (χ0) is 11.3. The van der Waals surface area contributed by atoms with Crippen LogP contribution in [0.5, 0.6) is 0 Å². The lowest BCUT2D eigenvalue weighted by molar-refractivity contribution is 0.0172. The molecular weight excluding hydrogens is 210 g/mol. The molecule has 0 heterocycles. The van der Waals surface area contributed by atoms with Gasteiger partial charge in [-0.2, -0.15) is 17.9 Å².